The molecule has 0 aromatic carbocycles. The summed E-state index contributed by atoms with van der Waals surface area (Å²) in [7, 11) is 0. The first-order valence-electron chi connectivity index (χ1n) is 7.51. The summed E-state index contributed by atoms with van der Waals surface area (Å²) < 4.78 is 1.96. The van der Waals surface area contributed by atoms with Gasteiger partial charge in [0.15, 0.2) is 0 Å². The normalized spacial score (nSPS) is 24.2. The predicted octanol–water partition coefficient (Wildman–Crippen LogP) is -0.221. The fraction of sp³-hybridized carbons (Fsp3) is 0.714. The maximum atomic E-state index is 12.2. The number of aryl methyl sites for hydroxylation is 1. The summed E-state index contributed by atoms with van der Waals surface area (Å²) in [6.45, 7) is 6.92. The van der Waals surface area contributed by atoms with Crippen LogP contribution in [0.5, 0.6) is 0 Å². The minimum absolute atomic E-state index is 0.274. The molecule has 3 heterocycles. The van der Waals surface area contributed by atoms with E-state index in [0.29, 0.717) is 12.5 Å². The van der Waals surface area contributed by atoms with Crippen LogP contribution in [0.2, 0.25) is 0 Å². The van der Waals surface area contributed by atoms with E-state index in [1.165, 1.54) is 0 Å². The minimum atomic E-state index is 0.274. The molecule has 1 unspecified atom stereocenters. The number of nitrogens with one attached hydrogen (secondary N) is 1. The van der Waals surface area contributed by atoms with Crippen LogP contribution in [0.15, 0.2) is 18.7 Å². The lowest BCUT2D eigenvalue weighted by Gasteiger charge is -2.32. The van der Waals surface area contributed by atoms with Gasteiger partial charge in [0.05, 0.1) is 6.33 Å². The molecule has 0 radical (unpaired) electrons. The molecule has 6 nitrogen and oxygen atoms in total. The molecule has 2 aliphatic heterocycles. The number of nitrogens with zero attached hydrogens (tertiary/aromatic N) is 4. The van der Waals surface area contributed by atoms with Crippen LogP contribution < -0.4 is 5.32 Å². The number of likely N-dealkylation sites (tertiary alicyclic amines) is 1. The summed E-state index contributed by atoms with van der Waals surface area (Å²) in [5.41, 5.74) is 0. The Balaban J connectivity index is 1.45. The first-order valence-corrected chi connectivity index (χ1v) is 7.51. The Morgan fingerprint density at radius 2 is 2.15 bits per heavy atom. The zero-order valence-electron chi connectivity index (χ0n) is 11.9. The number of hydrogen-bond acceptors (Lipinski definition) is 4. The van der Waals surface area contributed by atoms with Crippen molar-refractivity contribution in [2.45, 2.75) is 25.4 Å². The van der Waals surface area contributed by atoms with Crippen molar-refractivity contribution in [1.29, 1.82) is 0 Å². The molecule has 0 saturated carbocycles. The van der Waals surface area contributed by atoms with Crippen LogP contribution in [0.25, 0.3) is 0 Å². The van der Waals surface area contributed by atoms with Gasteiger partial charge >= 0.3 is 0 Å². The maximum absolute atomic E-state index is 12.2. The van der Waals surface area contributed by atoms with Crippen molar-refractivity contribution in [3.63, 3.8) is 0 Å². The van der Waals surface area contributed by atoms with E-state index < -0.39 is 0 Å². The molecule has 2 aliphatic rings. The van der Waals surface area contributed by atoms with Gasteiger partial charge in [-0.1, -0.05) is 0 Å². The van der Waals surface area contributed by atoms with Crippen LogP contribution in [0.1, 0.15) is 12.8 Å². The SMILES string of the molecule is O=C(CCn1ccnc1)N1CCC(N2CCNCC2)C1. The van der Waals surface area contributed by atoms with Crippen LogP contribution in [-0.4, -0.2) is 70.6 Å². The Morgan fingerprint density at radius 3 is 2.90 bits per heavy atom. The maximum Gasteiger partial charge on any atom is 0.224 e. The van der Waals surface area contributed by atoms with E-state index in [9.17, 15) is 4.79 Å². The van der Waals surface area contributed by atoms with E-state index >= 15 is 0 Å². The first-order chi connectivity index (χ1) is 9.83. The van der Waals surface area contributed by atoms with Crippen molar-refractivity contribution < 1.29 is 4.79 Å². The van der Waals surface area contributed by atoms with Crippen LogP contribution in [0, 0.1) is 0 Å². The third-order valence-electron chi connectivity index (χ3n) is 4.33. The lowest BCUT2D eigenvalue weighted by molar-refractivity contribution is -0.130. The molecule has 1 aromatic rings. The van der Waals surface area contributed by atoms with E-state index in [1.807, 2.05) is 15.7 Å². The lowest BCUT2D eigenvalue weighted by Crippen LogP contribution is -2.49. The topological polar surface area (TPSA) is 53.4 Å². The molecule has 2 saturated heterocycles. The van der Waals surface area contributed by atoms with Gasteiger partial charge < -0.3 is 14.8 Å². The fourth-order valence-corrected chi connectivity index (χ4v) is 3.12. The summed E-state index contributed by atoms with van der Waals surface area (Å²) in [6.07, 6.45) is 7.11. The second kappa shape index (κ2) is 6.37. The summed E-state index contributed by atoms with van der Waals surface area (Å²) >= 11 is 0. The number of aromatic nitrogens is 2. The number of carbonyl (C=O) groups excluding carboxylic acids is 1. The molecule has 1 aromatic heterocycles. The number of hydrogen-bond donors (Lipinski definition) is 1. The Labute approximate surface area is 119 Å². The average Bonchev–Trinajstić information content (AvgIpc) is 3.17. The van der Waals surface area contributed by atoms with Crippen LogP contribution in [0.3, 0.4) is 0 Å². The highest BCUT2D eigenvalue weighted by Gasteiger charge is 2.30. The van der Waals surface area contributed by atoms with E-state index in [4.69, 9.17) is 0 Å². The van der Waals surface area contributed by atoms with Gasteiger partial charge in [0.1, 0.15) is 0 Å². The molecule has 1 amide bonds. The molecule has 20 heavy (non-hydrogen) atoms. The fourth-order valence-electron chi connectivity index (χ4n) is 3.12. The molecule has 110 valence electrons. The lowest BCUT2D eigenvalue weighted by atomic mass is 10.2. The van der Waals surface area contributed by atoms with Crippen molar-refractivity contribution in [2.75, 3.05) is 39.3 Å². The Morgan fingerprint density at radius 1 is 1.30 bits per heavy atom. The number of carbonyl (C=O) groups is 1. The molecule has 0 aliphatic carbocycles. The number of piperazine rings is 1. The average molecular weight is 277 g/mol. The Bertz CT molecular complexity index is 427. The van der Waals surface area contributed by atoms with E-state index in [2.05, 4.69) is 15.2 Å². The number of imidazole rings is 1. The molecule has 1 N–H and O–H groups in total. The van der Waals surface area contributed by atoms with Gasteiger partial charge in [-0.3, -0.25) is 9.69 Å². The van der Waals surface area contributed by atoms with Crippen LogP contribution in [-0.2, 0) is 11.3 Å². The third-order valence-corrected chi connectivity index (χ3v) is 4.33. The molecule has 0 bridgehead atoms. The quantitative estimate of drug-likeness (QED) is 0.827. The molecule has 2 fully saturated rings. The summed E-state index contributed by atoms with van der Waals surface area (Å²) in [4.78, 5) is 20.8. The zero-order valence-corrected chi connectivity index (χ0v) is 11.9. The number of amides is 1. The number of rotatable bonds is 4. The highest BCUT2D eigenvalue weighted by Crippen LogP contribution is 2.17. The van der Waals surface area contributed by atoms with E-state index in [1.54, 1.807) is 12.5 Å². The molecule has 3 rings (SSSR count). The van der Waals surface area contributed by atoms with Crippen molar-refractivity contribution >= 4 is 5.91 Å². The minimum Gasteiger partial charge on any atom is -0.341 e. The predicted molar refractivity (Wildman–Crippen MR) is 76.3 cm³/mol. The van der Waals surface area contributed by atoms with Crippen molar-refractivity contribution in [3.05, 3.63) is 18.7 Å². The highest BCUT2D eigenvalue weighted by molar-refractivity contribution is 5.76. The second-order valence-corrected chi connectivity index (χ2v) is 5.62. The van der Waals surface area contributed by atoms with Gasteiger partial charge in [-0.05, 0) is 6.42 Å². The molecular weight excluding hydrogens is 254 g/mol. The molecular formula is C14H23N5O. The van der Waals surface area contributed by atoms with E-state index in [-0.39, 0.29) is 5.91 Å². The Hall–Kier alpha value is -1.40. The molecule has 0 spiro atoms. The van der Waals surface area contributed by atoms with Crippen molar-refractivity contribution in [3.8, 4) is 0 Å². The van der Waals surface area contributed by atoms with Gasteiger partial charge in [0.2, 0.25) is 5.91 Å². The van der Waals surface area contributed by atoms with Crippen LogP contribution in [0.4, 0.5) is 0 Å². The first kappa shape index (κ1) is 13.6. The van der Waals surface area contributed by atoms with Gasteiger partial charge in [0.25, 0.3) is 0 Å². The Kier molecular flexibility index (Phi) is 4.32. The second-order valence-electron chi connectivity index (χ2n) is 5.62. The summed E-state index contributed by atoms with van der Waals surface area (Å²) in [5, 5.41) is 3.38. The zero-order chi connectivity index (χ0) is 13.8. The summed E-state index contributed by atoms with van der Waals surface area (Å²) in [5.74, 6) is 0.274. The van der Waals surface area contributed by atoms with Crippen LogP contribution >= 0.6 is 0 Å². The van der Waals surface area contributed by atoms with Gasteiger partial charge in [-0.2, -0.15) is 0 Å². The summed E-state index contributed by atoms with van der Waals surface area (Å²) in [6, 6.07) is 0.564. The molecule has 6 heteroatoms. The highest BCUT2D eigenvalue weighted by atomic mass is 16.2. The molecule has 1 atom stereocenters. The van der Waals surface area contributed by atoms with Gasteiger partial charge in [-0.25, -0.2) is 4.98 Å². The third kappa shape index (κ3) is 3.19. The monoisotopic (exact) mass is 277 g/mol. The van der Waals surface area contributed by atoms with Crippen molar-refractivity contribution in [1.82, 2.24) is 24.7 Å². The van der Waals surface area contributed by atoms with Gasteiger partial charge in [-0.15, -0.1) is 0 Å². The van der Waals surface area contributed by atoms with Crippen molar-refractivity contribution in [2.24, 2.45) is 0 Å². The standard InChI is InChI=1S/C14H23N5O/c20-14(2-6-17-8-3-16-12-17)19-7-1-13(11-19)18-9-4-15-5-10-18/h3,8,12-13,15H,1-2,4-7,9-11H2. The smallest absolute Gasteiger partial charge is 0.224 e. The van der Waals surface area contributed by atoms with E-state index in [0.717, 1.165) is 52.2 Å². The van der Waals surface area contributed by atoms with Gasteiger partial charge in [0, 0.05) is 70.7 Å². The largest absolute Gasteiger partial charge is 0.341 e.